The molecule has 5 heteroatoms. The Labute approximate surface area is 107 Å². The molecule has 0 spiro atoms. The van der Waals surface area contributed by atoms with Crippen LogP contribution in [0.5, 0.6) is 0 Å². The Balaban J connectivity index is 2.11. The summed E-state index contributed by atoms with van der Waals surface area (Å²) in [6.45, 7) is 2.13. The minimum Gasteiger partial charge on any atom is -0.381 e. The zero-order chi connectivity index (χ0) is 11.8. The molecule has 3 heterocycles. The number of hydrogen-bond donors (Lipinski definition) is 1. The van der Waals surface area contributed by atoms with Gasteiger partial charge in [0.15, 0.2) is 11.6 Å². The molecule has 88 valence electrons. The summed E-state index contributed by atoms with van der Waals surface area (Å²) in [5.74, 6) is 1.37. The molecular weight excluding hydrogens is 252 g/mol. The fourth-order valence-corrected chi connectivity index (χ4v) is 4.00. The average molecular weight is 264 g/mol. The van der Waals surface area contributed by atoms with Gasteiger partial charge in [0, 0.05) is 15.0 Å². The molecule has 0 fully saturated rings. The molecule has 3 nitrogen and oxygen atoms in total. The van der Waals surface area contributed by atoms with Gasteiger partial charge in [-0.2, -0.15) is 0 Å². The summed E-state index contributed by atoms with van der Waals surface area (Å²) < 4.78 is 7.96. The number of fused-ring (bicyclic) bond motifs is 1. The number of thiophene rings is 2. The quantitative estimate of drug-likeness (QED) is 0.773. The van der Waals surface area contributed by atoms with E-state index in [1.807, 2.05) is 0 Å². The molecule has 0 aliphatic carbocycles. The fraction of sp³-hybridized carbons (Fsp3) is 0.250. The highest BCUT2D eigenvalue weighted by Crippen LogP contribution is 2.39. The molecule has 0 bridgehead atoms. The van der Waals surface area contributed by atoms with Crippen LogP contribution in [0.25, 0.3) is 20.0 Å². The minimum absolute atomic E-state index is 0.526. The number of hydrogen-bond acceptors (Lipinski definition) is 5. The molecule has 0 aliphatic rings. The van der Waals surface area contributed by atoms with Crippen LogP contribution < -0.4 is 5.73 Å². The van der Waals surface area contributed by atoms with Gasteiger partial charge < -0.3 is 10.3 Å². The van der Waals surface area contributed by atoms with E-state index >= 15 is 0 Å². The first kappa shape index (κ1) is 10.8. The third-order valence-corrected chi connectivity index (χ3v) is 4.77. The van der Waals surface area contributed by atoms with E-state index < -0.39 is 0 Å². The molecular formula is C12H12N2OS2. The van der Waals surface area contributed by atoms with Crippen LogP contribution in [-0.2, 0) is 6.42 Å². The van der Waals surface area contributed by atoms with Crippen LogP contribution in [0.15, 0.2) is 22.0 Å². The van der Waals surface area contributed by atoms with Crippen molar-refractivity contribution in [3.05, 3.63) is 23.1 Å². The second-order valence-corrected chi connectivity index (χ2v) is 5.92. The minimum atomic E-state index is 0.526. The van der Waals surface area contributed by atoms with Crippen molar-refractivity contribution in [1.82, 2.24) is 5.16 Å². The molecule has 0 atom stereocenters. The number of aromatic nitrogens is 1. The summed E-state index contributed by atoms with van der Waals surface area (Å²) >= 11 is 3.48. The lowest BCUT2D eigenvalue weighted by Gasteiger charge is -1.96. The molecule has 0 radical (unpaired) electrons. The highest BCUT2D eigenvalue weighted by molar-refractivity contribution is 7.28. The number of nitrogen functional groups attached to an aromatic ring is 1. The van der Waals surface area contributed by atoms with E-state index in [0.29, 0.717) is 5.82 Å². The maximum Gasteiger partial charge on any atom is 0.182 e. The van der Waals surface area contributed by atoms with Gasteiger partial charge in [-0.3, -0.25) is 0 Å². The molecule has 0 aromatic carbocycles. The Bertz CT molecular complexity index is 622. The first-order valence-corrected chi connectivity index (χ1v) is 7.20. The summed E-state index contributed by atoms with van der Waals surface area (Å²) in [5.41, 5.74) is 6.88. The lowest BCUT2D eigenvalue weighted by Crippen LogP contribution is -1.91. The van der Waals surface area contributed by atoms with E-state index in [9.17, 15) is 0 Å². The normalized spacial score (nSPS) is 11.4. The van der Waals surface area contributed by atoms with Gasteiger partial charge in [-0.25, -0.2) is 0 Å². The van der Waals surface area contributed by atoms with E-state index in [-0.39, 0.29) is 0 Å². The van der Waals surface area contributed by atoms with Crippen molar-refractivity contribution in [3.8, 4) is 10.6 Å². The summed E-state index contributed by atoms with van der Waals surface area (Å²) in [6, 6.07) is 4.29. The van der Waals surface area contributed by atoms with Crippen molar-refractivity contribution >= 4 is 37.9 Å². The molecule has 0 unspecified atom stereocenters. The molecule has 2 N–H and O–H groups in total. The van der Waals surface area contributed by atoms with Crippen molar-refractivity contribution < 1.29 is 4.52 Å². The van der Waals surface area contributed by atoms with Gasteiger partial charge in [-0.05, 0) is 23.9 Å². The van der Waals surface area contributed by atoms with Gasteiger partial charge in [-0.15, -0.1) is 22.7 Å². The highest BCUT2D eigenvalue weighted by Gasteiger charge is 2.17. The Morgan fingerprint density at radius 1 is 1.41 bits per heavy atom. The Kier molecular flexibility index (Phi) is 2.64. The Morgan fingerprint density at radius 3 is 3.06 bits per heavy atom. The number of nitrogens with two attached hydrogens (primary N) is 1. The summed E-state index contributed by atoms with van der Waals surface area (Å²) in [6.07, 6.45) is 1.95. The molecule has 3 aromatic heterocycles. The van der Waals surface area contributed by atoms with Gasteiger partial charge in [-0.1, -0.05) is 18.5 Å². The van der Waals surface area contributed by atoms with Crippen LogP contribution in [0, 0.1) is 0 Å². The van der Waals surface area contributed by atoms with Crippen LogP contribution in [-0.4, -0.2) is 5.16 Å². The van der Waals surface area contributed by atoms with Gasteiger partial charge >= 0.3 is 0 Å². The standard InChI is InChI=1S/C12H12N2OS2/c1-2-3-7-11(15-14-12(7)13)10-6-9-8(17-10)4-5-16-9/h4-6H,2-3H2,1H3,(H2,13,14). The maximum absolute atomic E-state index is 5.84. The van der Waals surface area contributed by atoms with E-state index in [1.165, 1.54) is 9.40 Å². The molecule has 17 heavy (non-hydrogen) atoms. The second-order valence-electron chi connectivity index (χ2n) is 3.89. The van der Waals surface area contributed by atoms with E-state index in [2.05, 4.69) is 29.6 Å². The van der Waals surface area contributed by atoms with Crippen molar-refractivity contribution in [2.75, 3.05) is 5.73 Å². The van der Waals surface area contributed by atoms with E-state index in [4.69, 9.17) is 10.3 Å². The van der Waals surface area contributed by atoms with E-state index in [1.54, 1.807) is 22.7 Å². The molecule has 0 saturated heterocycles. The predicted octanol–water partition coefficient (Wildman–Crippen LogP) is 4.15. The van der Waals surface area contributed by atoms with Crippen LogP contribution in [0.4, 0.5) is 5.82 Å². The summed E-state index contributed by atoms with van der Waals surface area (Å²) in [4.78, 5) is 1.12. The third-order valence-electron chi connectivity index (χ3n) is 2.68. The maximum atomic E-state index is 5.84. The SMILES string of the molecule is CCCc1c(N)noc1-c1cc2sccc2s1. The third kappa shape index (κ3) is 1.75. The zero-order valence-electron chi connectivity index (χ0n) is 9.40. The monoisotopic (exact) mass is 264 g/mol. The van der Waals surface area contributed by atoms with Crippen LogP contribution in [0.1, 0.15) is 18.9 Å². The van der Waals surface area contributed by atoms with Crippen molar-refractivity contribution in [3.63, 3.8) is 0 Å². The van der Waals surface area contributed by atoms with Crippen LogP contribution in [0.2, 0.25) is 0 Å². The molecule has 3 rings (SSSR count). The van der Waals surface area contributed by atoms with Crippen molar-refractivity contribution in [1.29, 1.82) is 0 Å². The van der Waals surface area contributed by atoms with E-state index in [0.717, 1.165) is 29.0 Å². The number of nitrogens with zero attached hydrogens (tertiary/aromatic N) is 1. The lowest BCUT2D eigenvalue weighted by molar-refractivity contribution is 0.436. The lowest BCUT2D eigenvalue weighted by atomic mass is 10.1. The Hall–Kier alpha value is -1.33. The van der Waals surface area contributed by atoms with Crippen molar-refractivity contribution in [2.24, 2.45) is 0 Å². The van der Waals surface area contributed by atoms with Crippen LogP contribution in [0.3, 0.4) is 0 Å². The Morgan fingerprint density at radius 2 is 2.29 bits per heavy atom. The summed E-state index contributed by atoms with van der Waals surface area (Å²) in [5, 5.41) is 5.98. The number of anilines is 1. The smallest absolute Gasteiger partial charge is 0.182 e. The van der Waals surface area contributed by atoms with Gasteiger partial charge in [0.2, 0.25) is 0 Å². The molecule has 3 aromatic rings. The molecule has 0 saturated carbocycles. The largest absolute Gasteiger partial charge is 0.381 e. The van der Waals surface area contributed by atoms with Gasteiger partial charge in [0.05, 0.1) is 4.88 Å². The van der Waals surface area contributed by atoms with Gasteiger partial charge in [0.25, 0.3) is 0 Å². The van der Waals surface area contributed by atoms with Crippen molar-refractivity contribution in [2.45, 2.75) is 19.8 Å². The summed E-state index contributed by atoms with van der Waals surface area (Å²) in [7, 11) is 0. The second kappa shape index (κ2) is 4.16. The predicted molar refractivity (Wildman–Crippen MR) is 73.6 cm³/mol. The first-order chi connectivity index (χ1) is 8.29. The topological polar surface area (TPSA) is 52.0 Å². The molecule has 0 amide bonds. The van der Waals surface area contributed by atoms with Crippen LogP contribution >= 0.6 is 22.7 Å². The highest BCUT2D eigenvalue weighted by atomic mass is 32.1. The van der Waals surface area contributed by atoms with Gasteiger partial charge in [0.1, 0.15) is 0 Å². The fourth-order valence-electron chi connectivity index (χ4n) is 1.88. The number of rotatable bonds is 3. The zero-order valence-corrected chi connectivity index (χ0v) is 11.0. The first-order valence-electron chi connectivity index (χ1n) is 5.51. The average Bonchev–Trinajstić information content (AvgIpc) is 2.94. The molecule has 0 aliphatic heterocycles.